The molecule has 20 heavy (non-hydrogen) atoms. The first-order valence-electron chi connectivity index (χ1n) is 6.06. The Hall–Kier alpha value is -0.760. The molecule has 0 amide bonds. The zero-order valence-electron chi connectivity index (χ0n) is 11.4. The van der Waals surface area contributed by atoms with E-state index < -0.39 is 15.8 Å². The van der Waals surface area contributed by atoms with Crippen molar-refractivity contribution in [2.45, 2.75) is 31.3 Å². The van der Waals surface area contributed by atoms with Gasteiger partial charge >= 0.3 is 0 Å². The minimum Gasteiger partial charge on any atom is -0.326 e. The van der Waals surface area contributed by atoms with Gasteiger partial charge < -0.3 is 5.73 Å². The van der Waals surface area contributed by atoms with Gasteiger partial charge in [-0.15, -0.1) is 6.58 Å². The molecule has 0 fully saturated rings. The molecule has 0 saturated carbocycles. The lowest BCUT2D eigenvalue weighted by molar-refractivity contribution is 0.380. The van der Waals surface area contributed by atoms with E-state index >= 15 is 0 Å². The highest BCUT2D eigenvalue weighted by atomic mass is 79.9. The highest BCUT2D eigenvalue weighted by Crippen LogP contribution is 2.27. The first-order chi connectivity index (χ1) is 9.25. The summed E-state index contributed by atoms with van der Waals surface area (Å²) in [6.45, 7) is 7.02. The summed E-state index contributed by atoms with van der Waals surface area (Å²) in [4.78, 5) is -0.372. The van der Waals surface area contributed by atoms with E-state index in [1.165, 1.54) is 22.5 Å². The maximum atomic E-state index is 14.3. The predicted octanol–water partition coefficient (Wildman–Crippen LogP) is 2.63. The minimum atomic E-state index is -3.95. The molecule has 0 aromatic heterocycles. The average Bonchev–Trinajstić information content (AvgIpc) is 2.37. The molecular formula is C13H18BrFN2O2S. The van der Waals surface area contributed by atoms with Gasteiger partial charge in [0.15, 0.2) is 0 Å². The molecule has 4 nitrogen and oxygen atoms in total. The fourth-order valence-electron chi connectivity index (χ4n) is 1.79. The monoisotopic (exact) mass is 364 g/mol. The van der Waals surface area contributed by atoms with Crippen molar-refractivity contribution in [1.82, 2.24) is 4.31 Å². The van der Waals surface area contributed by atoms with Gasteiger partial charge in [0.2, 0.25) is 10.0 Å². The smallest absolute Gasteiger partial charge is 0.246 e. The molecule has 0 atom stereocenters. The van der Waals surface area contributed by atoms with Crippen molar-refractivity contribution < 1.29 is 12.8 Å². The summed E-state index contributed by atoms with van der Waals surface area (Å²) in [5.74, 6) is -0.801. The maximum absolute atomic E-state index is 14.3. The fraction of sp³-hybridized carbons (Fsp3) is 0.385. The molecule has 0 saturated heterocycles. The van der Waals surface area contributed by atoms with E-state index in [-0.39, 0.29) is 29.6 Å². The van der Waals surface area contributed by atoms with Crippen LogP contribution in [0.3, 0.4) is 0 Å². The largest absolute Gasteiger partial charge is 0.326 e. The molecule has 112 valence electrons. The molecule has 1 aromatic rings. The number of sulfonamides is 1. The molecule has 0 aliphatic heterocycles. The normalized spacial score (nSPS) is 12.2. The number of halogens is 2. The molecule has 0 bridgehead atoms. The van der Waals surface area contributed by atoms with Gasteiger partial charge in [-0.1, -0.05) is 22.0 Å². The van der Waals surface area contributed by atoms with Crippen LogP contribution in [0.5, 0.6) is 0 Å². The molecule has 1 aromatic carbocycles. The Morgan fingerprint density at radius 2 is 2.10 bits per heavy atom. The zero-order valence-corrected chi connectivity index (χ0v) is 13.8. The maximum Gasteiger partial charge on any atom is 0.246 e. The van der Waals surface area contributed by atoms with Gasteiger partial charge in [-0.2, -0.15) is 4.31 Å². The Kier molecular flexibility index (Phi) is 5.88. The summed E-state index contributed by atoms with van der Waals surface area (Å²) < 4.78 is 41.1. The highest BCUT2D eigenvalue weighted by molar-refractivity contribution is 9.10. The van der Waals surface area contributed by atoms with E-state index in [1.54, 1.807) is 13.8 Å². The van der Waals surface area contributed by atoms with Crippen molar-refractivity contribution in [1.29, 1.82) is 0 Å². The van der Waals surface area contributed by atoms with E-state index in [1.807, 2.05) is 0 Å². The summed E-state index contributed by atoms with van der Waals surface area (Å²) >= 11 is 3.18. The number of benzene rings is 1. The zero-order chi connectivity index (χ0) is 15.5. The Morgan fingerprint density at radius 1 is 1.50 bits per heavy atom. The second kappa shape index (κ2) is 6.80. The Bertz CT molecular complexity index is 603. The predicted molar refractivity (Wildman–Crippen MR) is 81.2 cm³/mol. The third-order valence-electron chi connectivity index (χ3n) is 2.77. The van der Waals surface area contributed by atoms with Crippen molar-refractivity contribution in [2.75, 3.05) is 6.54 Å². The minimum absolute atomic E-state index is 0.0725. The van der Waals surface area contributed by atoms with Gasteiger partial charge in [0.05, 0.1) is 0 Å². The Morgan fingerprint density at radius 3 is 2.55 bits per heavy atom. The quantitative estimate of drug-likeness (QED) is 0.789. The Balaban J connectivity index is 3.48. The molecule has 0 heterocycles. The number of hydrogen-bond donors (Lipinski definition) is 1. The van der Waals surface area contributed by atoms with Gasteiger partial charge in [-0.05, 0) is 26.0 Å². The molecule has 0 unspecified atom stereocenters. The molecule has 0 radical (unpaired) electrons. The molecule has 7 heteroatoms. The van der Waals surface area contributed by atoms with Crippen molar-refractivity contribution in [3.8, 4) is 0 Å². The van der Waals surface area contributed by atoms with E-state index in [9.17, 15) is 12.8 Å². The lowest BCUT2D eigenvalue weighted by atomic mass is 10.2. The first kappa shape index (κ1) is 17.3. The first-order valence-corrected chi connectivity index (χ1v) is 8.29. The van der Waals surface area contributed by atoms with Crippen LogP contribution >= 0.6 is 15.9 Å². The second-order valence-corrected chi connectivity index (χ2v) is 7.31. The molecular weight excluding hydrogens is 347 g/mol. The van der Waals surface area contributed by atoms with Crippen LogP contribution in [-0.2, 0) is 16.6 Å². The van der Waals surface area contributed by atoms with Gasteiger partial charge in [-0.3, -0.25) is 0 Å². The third kappa shape index (κ3) is 3.46. The van der Waals surface area contributed by atoms with Gasteiger partial charge in [0.25, 0.3) is 0 Å². The molecule has 0 spiro atoms. The summed E-state index contributed by atoms with van der Waals surface area (Å²) in [5, 5.41) is 0. The lowest BCUT2D eigenvalue weighted by Crippen LogP contribution is -2.37. The summed E-state index contributed by atoms with van der Waals surface area (Å²) in [5.41, 5.74) is 5.59. The molecule has 0 aliphatic rings. The molecule has 1 rings (SSSR count). The van der Waals surface area contributed by atoms with Gasteiger partial charge in [-0.25, -0.2) is 12.8 Å². The van der Waals surface area contributed by atoms with E-state index in [2.05, 4.69) is 22.5 Å². The summed E-state index contributed by atoms with van der Waals surface area (Å²) in [6.07, 6.45) is 1.47. The van der Waals surface area contributed by atoms with Crippen LogP contribution in [-0.4, -0.2) is 25.3 Å². The molecule has 2 N–H and O–H groups in total. The number of nitrogens with two attached hydrogens (primary N) is 1. The van der Waals surface area contributed by atoms with Crippen molar-refractivity contribution in [3.63, 3.8) is 0 Å². The lowest BCUT2D eigenvalue weighted by Gasteiger charge is -2.25. The van der Waals surface area contributed by atoms with Crippen LogP contribution in [0.25, 0.3) is 0 Å². The van der Waals surface area contributed by atoms with Crippen LogP contribution < -0.4 is 5.73 Å². The van der Waals surface area contributed by atoms with Crippen LogP contribution in [0.2, 0.25) is 0 Å². The van der Waals surface area contributed by atoms with Crippen molar-refractivity contribution in [2.24, 2.45) is 5.73 Å². The van der Waals surface area contributed by atoms with Crippen LogP contribution in [0.4, 0.5) is 4.39 Å². The van der Waals surface area contributed by atoms with E-state index in [0.29, 0.717) is 4.47 Å². The summed E-state index contributed by atoms with van der Waals surface area (Å²) in [6, 6.07) is 2.42. The van der Waals surface area contributed by atoms with E-state index in [4.69, 9.17) is 5.73 Å². The topological polar surface area (TPSA) is 63.4 Å². The standard InChI is InChI=1S/C13H18BrFN2O2S/c1-4-5-17(9(2)3)20(18,19)12-7-11(14)6-10(8-16)13(12)15/h4,6-7,9H,1,5,8,16H2,2-3H3. The number of hydrogen-bond acceptors (Lipinski definition) is 3. The highest BCUT2D eigenvalue weighted by Gasteiger charge is 2.30. The van der Waals surface area contributed by atoms with Crippen LogP contribution in [0.1, 0.15) is 19.4 Å². The third-order valence-corrected chi connectivity index (χ3v) is 5.27. The van der Waals surface area contributed by atoms with Gasteiger partial charge in [0.1, 0.15) is 10.7 Å². The SMILES string of the molecule is C=CCN(C(C)C)S(=O)(=O)c1cc(Br)cc(CN)c1F. The fourth-order valence-corrected chi connectivity index (χ4v) is 4.19. The summed E-state index contributed by atoms with van der Waals surface area (Å²) in [7, 11) is -3.95. The van der Waals surface area contributed by atoms with Gasteiger partial charge in [0, 0.05) is 29.2 Å². The number of rotatable bonds is 6. The molecule has 0 aliphatic carbocycles. The van der Waals surface area contributed by atoms with Crippen molar-refractivity contribution in [3.05, 3.63) is 40.6 Å². The van der Waals surface area contributed by atoms with Crippen molar-refractivity contribution >= 4 is 26.0 Å². The second-order valence-electron chi connectivity index (χ2n) is 4.54. The van der Waals surface area contributed by atoms with E-state index in [0.717, 1.165) is 0 Å². The number of nitrogens with zero attached hydrogens (tertiary/aromatic N) is 1. The van der Waals surface area contributed by atoms with Crippen LogP contribution in [0.15, 0.2) is 34.2 Å². The van der Waals surface area contributed by atoms with Crippen LogP contribution in [0, 0.1) is 5.82 Å². The average molecular weight is 365 g/mol. The Labute approximate surface area is 127 Å².